The van der Waals surface area contributed by atoms with E-state index in [1.165, 1.54) is 0 Å². The van der Waals surface area contributed by atoms with Crippen LogP contribution >= 0.6 is 0 Å². The molecule has 0 aliphatic heterocycles. The molecular formula is C8H3F11O. The van der Waals surface area contributed by atoms with Gasteiger partial charge in [-0.2, -0.15) is 48.3 Å². The molecule has 0 saturated carbocycles. The van der Waals surface area contributed by atoms with Crippen LogP contribution in [0.1, 0.15) is 0 Å². The highest BCUT2D eigenvalue weighted by Gasteiger charge is 2.82. The molecule has 0 bridgehead atoms. The van der Waals surface area contributed by atoms with Crippen molar-refractivity contribution in [2.75, 3.05) is 0 Å². The maximum absolute atomic E-state index is 12.7. The molecule has 0 saturated heterocycles. The molecule has 0 N–H and O–H groups in total. The summed E-state index contributed by atoms with van der Waals surface area (Å²) >= 11 is 0. The fourth-order valence-corrected chi connectivity index (χ4v) is 0.735. The summed E-state index contributed by atoms with van der Waals surface area (Å²) in [4.78, 5) is 0. The molecule has 20 heavy (non-hydrogen) atoms. The van der Waals surface area contributed by atoms with Gasteiger partial charge in [0.05, 0.1) is 0 Å². The van der Waals surface area contributed by atoms with Gasteiger partial charge in [0, 0.05) is 0 Å². The zero-order valence-corrected chi connectivity index (χ0v) is 8.85. The van der Waals surface area contributed by atoms with E-state index in [-0.39, 0.29) is 0 Å². The van der Waals surface area contributed by atoms with E-state index < -0.39 is 42.0 Å². The van der Waals surface area contributed by atoms with Crippen LogP contribution in [0.4, 0.5) is 48.3 Å². The summed E-state index contributed by atoms with van der Waals surface area (Å²) in [7, 11) is 0. The number of halogens is 11. The Morgan fingerprint density at radius 2 is 1.20 bits per heavy atom. The number of allylic oxidation sites excluding steroid dienone is 1. The van der Waals surface area contributed by atoms with Gasteiger partial charge in [-0.1, -0.05) is 6.58 Å². The lowest BCUT2D eigenvalue weighted by Gasteiger charge is -2.34. The molecule has 0 aromatic heterocycles. The van der Waals surface area contributed by atoms with Crippen molar-refractivity contribution in [3.63, 3.8) is 0 Å². The van der Waals surface area contributed by atoms with Crippen molar-refractivity contribution in [2.24, 2.45) is 0 Å². The van der Waals surface area contributed by atoms with E-state index in [2.05, 4.69) is 0 Å². The zero-order chi connectivity index (χ0) is 16.6. The summed E-state index contributed by atoms with van der Waals surface area (Å²) in [6, 6.07) is -3.62. The third-order valence-electron chi connectivity index (χ3n) is 1.80. The molecule has 0 aliphatic rings. The van der Waals surface area contributed by atoms with E-state index >= 15 is 0 Å². The summed E-state index contributed by atoms with van der Waals surface area (Å²) in [6.07, 6.45) is -11.4. The Bertz CT molecular complexity index is 407. The van der Waals surface area contributed by atoms with E-state index in [4.69, 9.17) is 0 Å². The van der Waals surface area contributed by atoms with Gasteiger partial charge in [-0.25, -0.2) is 0 Å². The maximum atomic E-state index is 12.7. The Balaban J connectivity index is 5.73. The molecule has 0 unspecified atom stereocenters. The summed E-state index contributed by atoms with van der Waals surface area (Å²) in [5.74, 6) is -19.7. The van der Waals surface area contributed by atoms with Crippen molar-refractivity contribution >= 4 is 0 Å². The zero-order valence-electron chi connectivity index (χ0n) is 8.85. The molecule has 0 heterocycles. The minimum atomic E-state index is -7.02. The minimum Gasteiger partial charge on any atom is -0.397 e. The normalized spacial score (nSPS) is 13.9. The second kappa shape index (κ2) is 5.13. The van der Waals surface area contributed by atoms with Crippen LogP contribution in [-0.2, 0) is 4.74 Å². The fourth-order valence-electron chi connectivity index (χ4n) is 0.735. The van der Waals surface area contributed by atoms with Gasteiger partial charge in [0.2, 0.25) is 0 Å². The van der Waals surface area contributed by atoms with Gasteiger partial charge in [-0.05, 0) is 6.08 Å². The van der Waals surface area contributed by atoms with Crippen molar-refractivity contribution < 1.29 is 53.0 Å². The highest BCUT2D eigenvalue weighted by atomic mass is 19.4. The van der Waals surface area contributed by atoms with Crippen molar-refractivity contribution in [2.45, 2.75) is 23.9 Å². The Labute approximate surface area is 103 Å². The van der Waals surface area contributed by atoms with Crippen LogP contribution in [0, 0.1) is 0 Å². The topological polar surface area (TPSA) is 9.23 Å². The van der Waals surface area contributed by atoms with Gasteiger partial charge in [-0.15, -0.1) is 0 Å². The molecule has 0 aromatic carbocycles. The average molecular weight is 324 g/mol. The smallest absolute Gasteiger partial charge is 0.397 e. The largest absolute Gasteiger partial charge is 0.472 e. The monoisotopic (exact) mass is 324 g/mol. The molecule has 0 spiro atoms. The van der Waals surface area contributed by atoms with Gasteiger partial charge < -0.3 is 4.74 Å². The first-order chi connectivity index (χ1) is 8.64. The van der Waals surface area contributed by atoms with Gasteiger partial charge >= 0.3 is 36.0 Å². The molecule has 0 rings (SSSR count). The molecule has 0 amide bonds. The molecule has 12 heteroatoms. The number of ether oxygens (including phenoxy) is 1. The van der Waals surface area contributed by atoms with Crippen molar-refractivity contribution in [1.29, 1.82) is 0 Å². The van der Waals surface area contributed by atoms with Crippen molar-refractivity contribution in [1.82, 2.24) is 0 Å². The van der Waals surface area contributed by atoms with E-state index in [1.54, 1.807) is 0 Å². The highest BCUT2D eigenvalue weighted by molar-refractivity contribution is 5.08. The van der Waals surface area contributed by atoms with Crippen molar-refractivity contribution in [3.8, 4) is 0 Å². The first-order valence-corrected chi connectivity index (χ1v) is 4.18. The Morgan fingerprint density at radius 3 is 1.50 bits per heavy atom. The van der Waals surface area contributed by atoms with E-state index in [9.17, 15) is 48.3 Å². The van der Waals surface area contributed by atoms with Crippen molar-refractivity contribution in [3.05, 3.63) is 24.7 Å². The molecule has 0 aliphatic carbocycles. The molecule has 0 fully saturated rings. The number of alkyl halides is 8. The summed E-state index contributed by atoms with van der Waals surface area (Å²) in [5, 5.41) is 0. The van der Waals surface area contributed by atoms with Gasteiger partial charge in [-0.3, -0.25) is 0 Å². The first-order valence-electron chi connectivity index (χ1n) is 4.18. The maximum Gasteiger partial charge on any atom is 0.472 e. The summed E-state index contributed by atoms with van der Waals surface area (Å²) in [5.41, 5.74) is 0. The van der Waals surface area contributed by atoms with Crippen LogP contribution in [0.15, 0.2) is 24.7 Å². The first kappa shape index (κ1) is 18.5. The van der Waals surface area contributed by atoms with Gasteiger partial charge in [0.1, 0.15) is 0 Å². The average Bonchev–Trinajstić information content (AvgIpc) is 2.27. The van der Waals surface area contributed by atoms with Crippen LogP contribution in [0.5, 0.6) is 0 Å². The number of rotatable bonds is 6. The third kappa shape index (κ3) is 2.82. The SMILES string of the molecule is C=CC(F)(F)C(F)(F)C(F)(F)C(F)(F)OC(F)=C(F)F. The number of hydrogen-bond acceptors (Lipinski definition) is 1. The van der Waals surface area contributed by atoms with E-state index in [0.717, 1.165) is 0 Å². The Kier molecular flexibility index (Phi) is 4.75. The molecule has 0 radical (unpaired) electrons. The molecule has 1 nitrogen and oxygen atoms in total. The van der Waals surface area contributed by atoms with Crippen LogP contribution in [0.3, 0.4) is 0 Å². The standard InChI is InChI=1S/C8H3F11O/c1-2-5(12,13)6(14,15)7(16,17)8(18,19)20-4(11)3(9)10/h2H,1H2. The van der Waals surface area contributed by atoms with Crippen LogP contribution in [0.25, 0.3) is 0 Å². The predicted octanol–water partition coefficient (Wildman–Crippen LogP) is 4.72. The second-order valence-electron chi connectivity index (χ2n) is 3.13. The summed E-state index contributed by atoms with van der Waals surface area (Å²) in [6.45, 7) is 2.03. The van der Waals surface area contributed by atoms with E-state index in [0.29, 0.717) is 0 Å². The van der Waals surface area contributed by atoms with Gasteiger partial charge in [0.15, 0.2) is 0 Å². The van der Waals surface area contributed by atoms with Gasteiger partial charge in [0.25, 0.3) is 0 Å². The Hall–Kier alpha value is -1.49. The predicted molar refractivity (Wildman–Crippen MR) is 41.4 cm³/mol. The Morgan fingerprint density at radius 1 is 0.800 bits per heavy atom. The molecule has 0 atom stereocenters. The third-order valence-corrected chi connectivity index (χ3v) is 1.80. The van der Waals surface area contributed by atoms with E-state index in [1.807, 2.05) is 11.3 Å². The van der Waals surface area contributed by atoms with Crippen LogP contribution in [0.2, 0.25) is 0 Å². The number of hydrogen-bond donors (Lipinski definition) is 0. The molecular weight excluding hydrogens is 321 g/mol. The highest BCUT2D eigenvalue weighted by Crippen LogP contribution is 2.53. The molecule has 118 valence electrons. The minimum absolute atomic E-state index is 1.07. The van der Waals surface area contributed by atoms with Crippen LogP contribution in [-0.4, -0.2) is 23.9 Å². The van der Waals surface area contributed by atoms with Crippen LogP contribution < -0.4 is 0 Å². The fraction of sp³-hybridized carbons (Fsp3) is 0.500. The summed E-state index contributed by atoms with van der Waals surface area (Å²) < 4.78 is 138. The lowest BCUT2D eigenvalue weighted by Crippen LogP contribution is -2.62. The lowest BCUT2D eigenvalue weighted by atomic mass is 10.0. The second-order valence-corrected chi connectivity index (χ2v) is 3.13. The lowest BCUT2D eigenvalue weighted by molar-refractivity contribution is -0.417. The molecule has 0 aromatic rings. The quantitative estimate of drug-likeness (QED) is 0.390.